The first-order valence-electron chi connectivity index (χ1n) is 6.96. The maximum absolute atomic E-state index is 12.5. The smallest absolute Gasteiger partial charge is 0.241 e. The summed E-state index contributed by atoms with van der Waals surface area (Å²) < 4.78 is 27.7. The van der Waals surface area contributed by atoms with Crippen LogP contribution in [0.25, 0.3) is 0 Å². The number of hydrogen-bond acceptors (Lipinski definition) is 5. The molecule has 2 N–H and O–H groups in total. The molecule has 1 heterocycles. The molecule has 0 fully saturated rings. The first kappa shape index (κ1) is 18.6. The Hall–Kier alpha value is -0.470. The van der Waals surface area contributed by atoms with Crippen molar-refractivity contribution in [2.45, 2.75) is 32.2 Å². The van der Waals surface area contributed by atoms with E-state index < -0.39 is 10.0 Å². The molecule has 0 bridgehead atoms. The van der Waals surface area contributed by atoms with Crippen molar-refractivity contribution in [2.24, 2.45) is 5.41 Å². The van der Waals surface area contributed by atoms with Crippen LogP contribution in [0.1, 0.15) is 23.6 Å². The van der Waals surface area contributed by atoms with Crippen molar-refractivity contribution in [3.63, 3.8) is 0 Å². The van der Waals surface area contributed by atoms with Gasteiger partial charge in [-0.25, -0.2) is 13.1 Å². The highest BCUT2D eigenvalue weighted by Crippen LogP contribution is 2.26. The van der Waals surface area contributed by atoms with Gasteiger partial charge in [-0.15, -0.1) is 11.3 Å². The van der Waals surface area contributed by atoms with Crippen LogP contribution in [0.15, 0.2) is 11.0 Å². The van der Waals surface area contributed by atoms with Crippen LogP contribution in [0.2, 0.25) is 0 Å². The van der Waals surface area contributed by atoms with E-state index in [0.717, 1.165) is 16.3 Å². The van der Waals surface area contributed by atoms with E-state index in [0.29, 0.717) is 18.0 Å². The monoisotopic (exact) mass is 333 g/mol. The lowest BCUT2D eigenvalue weighted by molar-refractivity contribution is 0.242. The molecule has 1 rings (SSSR count). The van der Waals surface area contributed by atoms with Crippen molar-refractivity contribution < 1.29 is 8.42 Å². The van der Waals surface area contributed by atoms with Gasteiger partial charge in [0.2, 0.25) is 10.0 Å². The van der Waals surface area contributed by atoms with Gasteiger partial charge in [-0.2, -0.15) is 0 Å². The van der Waals surface area contributed by atoms with Crippen molar-refractivity contribution >= 4 is 21.4 Å². The standard InChI is InChI=1S/C14H27N3O2S2/c1-11-13(7-12(20-11)8-15-4)21(18,19)16-9-14(2,3)10-17(5)6/h7,15-16H,8-10H2,1-6H3. The van der Waals surface area contributed by atoms with Gasteiger partial charge in [0, 0.05) is 29.4 Å². The Labute approximate surface area is 132 Å². The van der Waals surface area contributed by atoms with Crippen LogP contribution < -0.4 is 10.0 Å². The Balaban J connectivity index is 2.82. The normalized spacial score (nSPS) is 13.1. The van der Waals surface area contributed by atoms with E-state index in [1.54, 1.807) is 6.07 Å². The Morgan fingerprint density at radius 1 is 1.33 bits per heavy atom. The van der Waals surface area contributed by atoms with E-state index in [1.807, 2.05) is 28.1 Å². The van der Waals surface area contributed by atoms with Gasteiger partial charge in [-0.1, -0.05) is 13.8 Å². The molecule has 21 heavy (non-hydrogen) atoms. The maximum Gasteiger partial charge on any atom is 0.241 e. The molecule has 0 saturated heterocycles. The van der Waals surface area contributed by atoms with Gasteiger partial charge in [0.15, 0.2) is 0 Å². The SMILES string of the molecule is CNCc1cc(S(=O)(=O)NCC(C)(C)CN(C)C)c(C)s1. The predicted molar refractivity (Wildman–Crippen MR) is 89.3 cm³/mol. The molecule has 1 aromatic rings. The Kier molecular flexibility index (Phi) is 6.36. The molecule has 0 atom stereocenters. The predicted octanol–water partition coefficient (Wildman–Crippen LogP) is 1.64. The molecule has 0 saturated carbocycles. The first-order valence-corrected chi connectivity index (χ1v) is 9.26. The van der Waals surface area contributed by atoms with Crippen LogP contribution in [0.4, 0.5) is 0 Å². The summed E-state index contributed by atoms with van der Waals surface area (Å²) in [5, 5.41) is 3.04. The van der Waals surface area contributed by atoms with E-state index in [2.05, 4.69) is 28.8 Å². The second-order valence-electron chi connectivity index (χ2n) is 6.39. The molecule has 0 spiro atoms. The van der Waals surface area contributed by atoms with E-state index in [9.17, 15) is 8.42 Å². The average Bonchev–Trinajstić information content (AvgIpc) is 2.68. The molecular weight excluding hydrogens is 306 g/mol. The minimum Gasteiger partial charge on any atom is -0.315 e. The van der Waals surface area contributed by atoms with E-state index in [-0.39, 0.29) is 5.41 Å². The van der Waals surface area contributed by atoms with E-state index in [1.165, 1.54) is 11.3 Å². The number of nitrogens with one attached hydrogen (secondary N) is 2. The highest BCUT2D eigenvalue weighted by molar-refractivity contribution is 7.89. The summed E-state index contributed by atoms with van der Waals surface area (Å²) in [6.07, 6.45) is 0. The molecule has 0 aliphatic rings. The Morgan fingerprint density at radius 3 is 2.48 bits per heavy atom. The lowest BCUT2D eigenvalue weighted by Crippen LogP contribution is -2.40. The highest BCUT2D eigenvalue weighted by Gasteiger charge is 2.25. The zero-order chi connectivity index (χ0) is 16.3. The highest BCUT2D eigenvalue weighted by atomic mass is 32.2. The van der Waals surface area contributed by atoms with Gasteiger partial charge in [0.25, 0.3) is 0 Å². The van der Waals surface area contributed by atoms with Crippen molar-refractivity contribution in [3.8, 4) is 0 Å². The van der Waals surface area contributed by atoms with Gasteiger partial charge in [0.05, 0.1) is 4.90 Å². The van der Waals surface area contributed by atoms with Gasteiger partial charge in [-0.3, -0.25) is 0 Å². The number of rotatable bonds is 8. The van der Waals surface area contributed by atoms with Crippen molar-refractivity contribution in [1.82, 2.24) is 14.9 Å². The number of nitrogens with zero attached hydrogens (tertiary/aromatic N) is 1. The minimum absolute atomic E-state index is 0.117. The number of thiophene rings is 1. The molecule has 7 heteroatoms. The van der Waals surface area contributed by atoms with Crippen LogP contribution in [-0.4, -0.2) is 47.6 Å². The summed E-state index contributed by atoms with van der Waals surface area (Å²) in [4.78, 5) is 4.33. The molecular formula is C14H27N3O2S2. The second-order valence-corrected chi connectivity index (χ2v) is 9.47. The fourth-order valence-corrected chi connectivity index (χ4v) is 5.22. The minimum atomic E-state index is -3.44. The molecule has 0 aliphatic heterocycles. The fourth-order valence-electron chi connectivity index (χ4n) is 2.33. The zero-order valence-corrected chi connectivity index (χ0v) is 15.4. The summed E-state index contributed by atoms with van der Waals surface area (Å²) in [5.74, 6) is 0. The fraction of sp³-hybridized carbons (Fsp3) is 0.714. The Bertz CT molecular complexity index is 563. The third-order valence-corrected chi connectivity index (χ3v) is 5.76. The van der Waals surface area contributed by atoms with Crippen LogP contribution in [0.3, 0.4) is 0 Å². The zero-order valence-electron chi connectivity index (χ0n) is 13.8. The molecule has 5 nitrogen and oxygen atoms in total. The largest absolute Gasteiger partial charge is 0.315 e. The summed E-state index contributed by atoms with van der Waals surface area (Å²) in [6, 6.07) is 1.76. The molecule has 0 aromatic carbocycles. The van der Waals surface area contributed by atoms with E-state index >= 15 is 0 Å². The molecule has 0 unspecified atom stereocenters. The van der Waals surface area contributed by atoms with Gasteiger partial charge in [-0.05, 0) is 39.5 Å². The number of aryl methyl sites for hydroxylation is 1. The van der Waals surface area contributed by atoms with Crippen molar-refractivity contribution in [3.05, 3.63) is 15.8 Å². The molecule has 0 amide bonds. The van der Waals surface area contributed by atoms with Gasteiger partial charge in [0.1, 0.15) is 0 Å². The number of sulfonamides is 1. The second kappa shape index (κ2) is 7.19. The average molecular weight is 334 g/mol. The van der Waals surface area contributed by atoms with Crippen LogP contribution in [0, 0.1) is 12.3 Å². The van der Waals surface area contributed by atoms with Gasteiger partial charge >= 0.3 is 0 Å². The molecule has 0 radical (unpaired) electrons. The quantitative estimate of drug-likeness (QED) is 0.759. The number of hydrogen-bond donors (Lipinski definition) is 2. The molecule has 122 valence electrons. The third kappa shape index (κ3) is 5.67. The summed E-state index contributed by atoms with van der Waals surface area (Å²) in [6.45, 7) is 7.90. The summed E-state index contributed by atoms with van der Waals surface area (Å²) >= 11 is 1.52. The summed E-state index contributed by atoms with van der Waals surface area (Å²) in [7, 11) is 2.39. The van der Waals surface area contributed by atoms with Crippen molar-refractivity contribution in [1.29, 1.82) is 0 Å². The lowest BCUT2D eigenvalue weighted by Gasteiger charge is -2.28. The maximum atomic E-state index is 12.5. The van der Waals surface area contributed by atoms with E-state index in [4.69, 9.17) is 0 Å². The van der Waals surface area contributed by atoms with Crippen LogP contribution in [0.5, 0.6) is 0 Å². The third-order valence-electron chi connectivity index (χ3n) is 3.05. The van der Waals surface area contributed by atoms with Crippen molar-refractivity contribution in [2.75, 3.05) is 34.2 Å². The summed E-state index contributed by atoms with van der Waals surface area (Å²) in [5.41, 5.74) is -0.117. The topological polar surface area (TPSA) is 61.4 Å². The van der Waals surface area contributed by atoms with Gasteiger partial charge < -0.3 is 10.2 Å². The Morgan fingerprint density at radius 2 is 1.95 bits per heavy atom. The lowest BCUT2D eigenvalue weighted by atomic mass is 9.93. The molecule has 0 aliphatic carbocycles. The first-order chi connectivity index (χ1) is 9.57. The molecule has 1 aromatic heterocycles. The van der Waals surface area contributed by atoms with Crippen LogP contribution in [-0.2, 0) is 16.6 Å². The van der Waals surface area contributed by atoms with Crippen LogP contribution >= 0.6 is 11.3 Å².